The molecule has 0 saturated heterocycles. The van der Waals surface area contributed by atoms with E-state index in [4.69, 9.17) is 10.5 Å². The third kappa shape index (κ3) is 5.41. The summed E-state index contributed by atoms with van der Waals surface area (Å²) in [5.41, 5.74) is 8.09. The van der Waals surface area contributed by atoms with Crippen molar-refractivity contribution in [1.82, 2.24) is 10.3 Å². The van der Waals surface area contributed by atoms with Crippen molar-refractivity contribution in [2.75, 3.05) is 0 Å². The molecule has 2 aromatic carbocycles. The third-order valence-corrected chi connectivity index (χ3v) is 5.53. The van der Waals surface area contributed by atoms with Crippen LogP contribution in [0.4, 0.5) is 8.78 Å². The second kappa shape index (κ2) is 10.1. The molecule has 1 aromatic heterocycles. The Morgan fingerprint density at radius 2 is 1.91 bits per heavy atom. The Morgan fingerprint density at radius 3 is 2.53 bits per heavy atom. The minimum atomic E-state index is -0.734. The lowest BCUT2D eigenvalue weighted by molar-refractivity contribution is -0.122. The van der Waals surface area contributed by atoms with Gasteiger partial charge in [-0.3, -0.25) is 9.59 Å². The Balaban J connectivity index is 1.90. The topological polar surface area (TPSA) is 97.2 Å². The van der Waals surface area contributed by atoms with Gasteiger partial charge in [0.15, 0.2) is 0 Å². The summed E-state index contributed by atoms with van der Waals surface area (Å²) >= 11 is 3.25. The van der Waals surface area contributed by atoms with Crippen LogP contribution in [0.2, 0.25) is 0 Å². The summed E-state index contributed by atoms with van der Waals surface area (Å²) in [4.78, 5) is 26.7. The first-order valence-electron chi connectivity index (χ1n) is 9.79. The van der Waals surface area contributed by atoms with Crippen molar-refractivity contribution in [2.45, 2.75) is 33.0 Å². The molecule has 0 radical (unpaired) electrons. The van der Waals surface area contributed by atoms with E-state index in [1.165, 1.54) is 6.07 Å². The zero-order valence-corrected chi connectivity index (χ0v) is 19.1. The zero-order chi connectivity index (χ0) is 23.4. The fourth-order valence-corrected chi connectivity index (χ4v) is 3.49. The maximum Gasteiger partial charge on any atom is 0.266 e. The van der Waals surface area contributed by atoms with Gasteiger partial charge in [-0.15, -0.1) is 0 Å². The van der Waals surface area contributed by atoms with Crippen LogP contribution in [0.15, 0.2) is 51.7 Å². The molecule has 0 aliphatic rings. The van der Waals surface area contributed by atoms with Gasteiger partial charge in [0, 0.05) is 29.4 Å². The number of hydrogen-bond acceptors (Lipinski definition) is 4. The van der Waals surface area contributed by atoms with E-state index in [1.54, 1.807) is 13.8 Å². The number of pyridine rings is 1. The van der Waals surface area contributed by atoms with E-state index < -0.39 is 23.2 Å². The molecule has 3 rings (SSSR count). The molecule has 4 N–H and O–H groups in total. The molecular formula is C23H22BrF2N3O3. The largest absolute Gasteiger partial charge is 0.487 e. The number of rotatable bonds is 7. The molecule has 0 saturated carbocycles. The van der Waals surface area contributed by atoms with Crippen LogP contribution in [0.3, 0.4) is 0 Å². The summed E-state index contributed by atoms with van der Waals surface area (Å²) in [6.07, 6.45) is 0. The fourth-order valence-electron chi connectivity index (χ4n) is 3.08. The smallest absolute Gasteiger partial charge is 0.266 e. The van der Waals surface area contributed by atoms with E-state index in [1.807, 2.05) is 24.3 Å². The van der Waals surface area contributed by atoms with Gasteiger partial charge in [0.2, 0.25) is 5.91 Å². The van der Waals surface area contributed by atoms with E-state index >= 15 is 0 Å². The lowest BCUT2D eigenvalue weighted by atomic mass is 10.0. The molecule has 0 aliphatic heterocycles. The van der Waals surface area contributed by atoms with E-state index in [0.717, 1.165) is 23.3 Å². The van der Waals surface area contributed by atoms with Crippen molar-refractivity contribution in [1.29, 1.82) is 0 Å². The van der Waals surface area contributed by atoms with Gasteiger partial charge in [0.25, 0.3) is 5.56 Å². The van der Waals surface area contributed by atoms with Gasteiger partial charge in [0.05, 0.1) is 6.04 Å². The van der Waals surface area contributed by atoms with Crippen LogP contribution in [0, 0.1) is 18.6 Å². The van der Waals surface area contributed by atoms with E-state index in [-0.39, 0.29) is 28.3 Å². The van der Waals surface area contributed by atoms with Crippen LogP contribution in [0.5, 0.6) is 5.75 Å². The maximum absolute atomic E-state index is 14.0. The summed E-state index contributed by atoms with van der Waals surface area (Å²) in [6.45, 7) is 3.46. The number of benzene rings is 2. The Labute approximate surface area is 191 Å². The molecule has 9 heteroatoms. The highest BCUT2D eigenvalue weighted by molar-refractivity contribution is 9.10. The van der Waals surface area contributed by atoms with Gasteiger partial charge in [-0.05, 0) is 53.0 Å². The highest BCUT2D eigenvalue weighted by atomic mass is 79.9. The number of halogens is 3. The number of ether oxygens (including phenoxy) is 1. The first-order valence-corrected chi connectivity index (χ1v) is 10.6. The Kier molecular flexibility index (Phi) is 7.42. The summed E-state index contributed by atoms with van der Waals surface area (Å²) in [7, 11) is 0. The molecule has 3 aromatic rings. The number of hydrogen-bond donors (Lipinski definition) is 3. The lowest BCUT2D eigenvalue weighted by Gasteiger charge is -2.16. The van der Waals surface area contributed by atoms with Crippen LogP contribution >= 0.6 is 15.9 Å². The third-order valence-electron chi connectivity index (χ3n) is 4.81. The van der Waals surface area contributed by atoms with Crippen LogP contribution in [-0.2, 0) is 17.9 Å². The molecule has 168 valence electrons. The van der Waals surface area contributed by atoms with Gasteiger partial charge in [-0.1, -0.05) is 24.3 Å². The van der Waals surface area contributed by atoms with E-state index in [9.17, 15) is 18.4 Å². The van der Waals surface area contributed by atoms with Crippen LogP contribution < -0.4 is 21.3 Å². The molecule has 32 heavy (non-hydrogen) atoms. The predicted octanol–water partition coefficient (Wildman–Crippen LogP) is 3.93. The molecule has 6 nitrogen and oxygen atoms in total. The Bertz CT molecular complexity index is 1190. The molecular weight excluding hydrogens is 484 g/mol. The number of aryl methyl sites for hydroxylation is 1. The van der Waals surface area contributed by atoms with Crippen molar-refractivity contribution < 1.29 is 18.3 Å². The number of nitrogens with two attached hydrogens (primary N) is 1. The summed E-state index contributed by atoms with van der Waals surface area (Å²) in [6, 6.07) is 9.93. The number of amides is 1. The molecule has 1 amide bonds. The number of H-pyrrole nitrogens is 1. The molecule has 0 bridgehead atoms. The molecule has 1 atom stereocenters. The highest BCUT2D eigenvalue weighted by Crippen LogP contribution is 2.37. The molecule has 1 heterocycles. The first kappa shape index (κ1) is 23.6. The van der Waals surface area contributed by atoms with Gasteiger partial charge >= 0.3 is 0 Å². The number of nitrogens with one attached hydrogen (secondary N) is 2. The fraction of sp³-hybridized carbons (Fsp3) is 0.217. The van der Waals surface area contributed by atoms with E-state index in [2.05, 4.69) is 26.2 Å². The number of aromatic amines is 1. The van der Waals surface area contributed by atoms with Crippen LogP contribution in [0.25, 0.3) is 11.1 Å². The standard InChI is InChI=1S/C23H22BrF2N3O3/c1-12(27)22(30)28-10-14-3-5-15(6-4-14)19-13(2)29-23(31)20(24)21(19)32-11-16-7-8-17(25)9-18(16)26/h3-9,12H,10-11,27H2,1-2H3,(H,28,30)(H,29,31)/t12-/m0/s1. The quantitative estimate of drug-likeness (QED) is 0.453. The Morgan fingerprint density at radius 1 is 1.22 bits per heavy atom. The minimum absolute atomic E-state index is 0.155. The minimum Gasteiger partial charge on any atom is -0.487 e. The highest BCUT2D eigenvalue weighted by Gasteiger charge is 2.18. The van der Waals surface area contributed by atoms with Gasteiger partial charge < -0.3 is 20.8 Å². The van der Waals surface area contributed by atoms with Crippen molar-refractivity contribution in [3.8, 4) is 16.9 Å². The number of carbonyl (C=O) groups excluding carboxylic acids is 1. The normalized spacial score (nSPS) is 11.8. The summed E-state index contributed by atoms with van der Waals surface area (Å²) in [5.74, 6) is -1.43. The van der Waals surface area contributed by atoms with Gasteiger partial charge in [-0.2, -0.15) is 0 Å². The van der Waals surface area contributed by atoms with Crippen LogP contribution in [-0.4, -0.2) is 16.9 Å². The lowest BCUT2D eigenvalue weighted by Crippen LogP contribution is -2.37. The maximum atomic E-state index is 14.0. The summed E-state index contributed by atoms with van der Waals surface area (Å²) in [5, 5.41) is 2.74. The van der Waals surface area contributed by atoms with Gasteiger partial charge in [0.1, 0.15) is 28.5 Å². The summed E-state index contributed by atoms with van der Waals surface area (Å²) < 4.78 is 33.2. The molecule has 0 fully saturated rings. The predicted molar refractivity (Wildman–Crippen MR) is 121 cm³/mol. The SMILES string of the molecule is Cc1[nH]c(=O)c(Br)c(OCc2ccc(F)cc2F)c1-c1ccc(CNC(=O)[C@H](C)N)cc1. The average Bonchev–Trinajstić information content (AvgIpc) is 2.75. The average molecular weight is 506 g/mol. The van der Waals surface area contributed by atoms with Crippen molar-refractivity contribution in [3.63, 3.8) is 0 Å². The molecule has 0 unspecified atom stereocenters. The Hall–Kier alpha value is -3.04. The number of aromatic nitrogens is 1. The second-order valence-electron chi connectivity index (χ2n) is 7.33. The van der Waals surface area contributed by atoms with E-state index in [0.29, 0.717) is 17.8 Å². The van der Waals surface area contributed by atoms with Crippen molar-refractivity contribution in [2.24, 2.45) is 5.73 Å². The number of carbonyl (C=O) groups is 1. The molecule has 0 spiro atoms. The monoisotopic (exact) mass is 505 g/mol. The van der Waals surface area contributed by atoms with Gasteiger partial charge in [-0.25, -0.2) is 8.78 Å². The van der Waals surface area contributed by atoms with Crippen molar-refractivity contribution >= 4 is 21.8 Å². The van der Waals surface area contributed by atoms with Crippen LogP contribution in [0.1, 0.15) is 23.7 Å². The molecule has 0 aliphatic carbocycles. The first-order chi connectivity index (χ1) is 15.2. The zero-order valence-electron chi connectivity index (χ0n) is 17.5. The van der Waals surface area contributed by atoms with Crippen molar-refractivity contribution in [3.05, 3.63) is 85.7 Å². The second-order valence-corrected chi connectivity index (χ2v) is 8.12.